The van der Waals surface area contributed by atoms with Crippen molar-refractivity contribution >= 4 is 34.8 Å². The van der Waals surface area contributed by atoms with Crippen molar-refractivity contribution in [2.24, 2.45) is 0 Å². The molecule has 0 saturated carbocycles. The molecule has 0 radical (unpaired) electrons. The van der Waals surface area contributed by atoms with Gasteiger partial charge in [0.15, 0.2) is 5.15 Å². The van der Waals surface area contributed by atoms with E-state index in [1.807, 2.05) is 0 Å². The van der Waals surface area contributed by atoms with Gasteiger partial charge in [0.2, 0.25) is 11.2 Å². The van der Waals surface area contributed by atoms with Crippen LogP contribution in [0.1, 0.15) is 12.8 Å². The Morgan fingerprint density at radius 2 is 2.06 bits per heavy atom. The van der Waals surface area contributed by atoms with Gasteiger partial charge in [0.1, 0.15) is 0 Å². The van der Waals surface area contributed by atoms with Crippen molar-refractivity contribution in [3.8, 4) is 0 Å². The van der Waals surface area contributed by atoms with Crippen molar-refractivity contribution < 1.29 is 18.0 Å². The topological polar surface area (TPSA) is 54.9 Å². The molecule has 0 aromatic carbocycles. The first-order valence-corrected chi connectivity index (χ1v) is 5.08. The van der Waals surface area contributed by atoms with E-state index in [4.69, 9.17) is 23.2 Å². The second-order valence-corrected chi connectivity index (χ2v) is 3.70. The van der Waals surface area contributed by atoms with E-state index in [9.17, 15) is 18.0 Å². The number of carbonyl (C=O) groups is 1. The number of carbonyl (C=O) groups excluding carboxylic acids is 1. The van der Waals surface area contributed by atoms with Gasteiger partial charge in [0.25, 0.3) is 0 Å². The Labute approximate surface area is 104 Å². The molecule has 94 valence electrons. The Kier molecular flexibility index (Phi) is 4.53. The highest BCUT2D eigenvalue weighted by Crippen LogP contribution is 2.23. The van der Waals surface area contributed by atoms with E-state index in [2.05, 4.69) is 15.3 Å². The summed E-state index contributed by atoms with van der Waals surface area (Å²) in [6.07, 6.45) is -5.16. The summed E-state index contributed by atoms with van der Waals surface area (Å²) in [4.78, 5) is 18.2. The minimum absolute atomic E-state index is 0.0169. The second kappa shape index (κ2) is 5.50. The van der Waals surface area contributed by atoms with Gasteiger partial charge in [-0.25, -0.2) is 9.97 Å². The Morgan fingerprint density at radius 3 is 2.59 bits per heavy atom. The van der Waals surface area contributed by atoms with Crippen LogP contribution in [0.15, 0.2) is 6.20 Å². The van der Waals surface area contributed by atoms with Gasteiger partial charge in [-0.3, -0.25) is 4.79 Å². The van der Waals surface area contributed by atoms with Crippen LogP contribution >= 0.6 is 23.2 Å². The van der Waals surface area contributed by atoms with Crippen molar-refractivity contribution in [1.29, 1.82) is 0 Å². The van der Waals surface area contributed by atoms with Crippen LogP contribution in [-0.2, 0) is 4.79 Å². The fourth-order valence-electron chi connectivity index (χ4n) is 0.893. The average Bonchev–Trinajstić information content (AvgIpc) is 2.18. The summed E-state index contributed by atoms with van der Waals surface area (Å²) in [7, 11) is 0. The molecule has 1 N–H and O–H groups in total. The van der Waals surface area contributed by atoms with Gasteiger partial charge in [-0.2, -0.15) is 13.2 Å². The molecular weight excluding hydrogens is 282 g/mol. The van der Waals surface area contributed by atoms with Gasteiger partial charge in [0, 0.05) is 6.42 Å². The van der Waals surface area contributed by atoms with Crippen LogP contribution in [0, 0.1) is 0 Å². The van der Waals surface area contributed by atoms with E-state index in [0.29, 0.717) is 0 Å². The number of alkyl halides is 3. The van der Waals surface area contributed by atoms with Gasteiger partial charge < -0.3 is 5.32 Å². The molecule has 17 heavy (non-hydrogen) atoms. The summed E-state index contributed by atoms with van der Waals surface area (Å²) in [6.45, 7) is 0. The Bertz CT molecular complexity index is 425. The molecule has 9 heteroatoms. The van der Waals surface area contributed by atoms with Crippen molar-refractivity contribution in [3.05, 3.63) is 16.6 Å². The summed E-state index contributed by atoms with van der Waals surface area (Å²) in [6, 6.07) is 0. The number of hydrogen-bond donors (Lipinski definition) is 1. The molecule has 0 spiro atoms. The van der Waals surface area contributed by atoms with E-state index in [0.717, 1.165) is 6.20 Å². The highest BCUT2D eigenvalue weighted by molar-refractivity contribution is 6.34. The Hall–Kier alpha value is -1.08. The van der Waals surface area contributed by atoms with Gasteiger partial charge in [-0.05, 0) is 11.6 Å². The maximum Gasteiger partial charge on any atom is 0.389 e. The first-order valence-electron chi connectivity index (χ1n) is 4.32. The lowest BCUT2D eigenvalue weighted by Crippen LogP contribution is -2.17. The van der Waals surface area contributed by atoms with Crippen LogP contribution in [0.25, 0.3) is 0 Å². The highest BCUT2D eigenvalue weighted by atomic mass is 35.5. The standard InChI is InChI=1S/C8H6Cl2F3N3O/c9-6-4(3-14-7(10)16-6)15-5(17)1-2-8(11,12)13/h3H,1-2H2,(H,15,17). The molecule has 0 aliphatic carbocycles. The number of amides is 1. The molecule has 0 atom stereocenters. The Balaban J connectivity index is 2.57. The average molecular weight is 288 g/mol. The third-order valence-corrected chi connectivity index (χ3v) is 2.09. The second-order valence-electron chi connectivity index (χ2n) is 3.01. The van der Waals surface area contributed by atoms with Crippen LogP contribution in [0.2, 0.25) is 10.4 Å². The zero-order chi connectivity index (χ0) is 13.1. The molecule has 0 aliphatic heterocycles. The summed E-state index contributed by atoms with van der Waals surface area (Å²) >= 11 is 11.0. The lowest BCUT2D eigenvalue weighted by atomic mass is 10.3. The predicted octanol–water partition coefficient (Wildman–Crippen LogP) is 3.06. The van der Waals surface area contributed by atoms with Crippen molar-refractivity contribution in [2.75, 3.05) is 5.32 Å². The maximum atomic E-state index is 11.8. The summed E-state index contributed by atoms with van der Waals surface area (Å²) in [5, 5.41) is 1.90. The molecule has 0 saturated heterocycles. The van der Waals surface area contributed by atoms with Crippen molar-refractivity contribution in [1.82, 2.24) is 9.97 Å². The Morgan fingerprint density at radius 1 is 1.41 bits per heavy atom. The van der Waals surface area contributed by atoms with Gasteiger partial charge >= 0.3 is 6.18 Å². The van der Waals surface area contributed by atoms with Crippen LogP contribution in [0.5, 0.6) is 0 Å². The number of rotatable bonds is 3. The monoisotopic (exact) mass is 287 g/mol. The van der Waals surface area contributed by atoms with Crippen molar-refractivity contribution in [3.63, 3.8) is 0 Å². The van der Waals surface area contributed by atoms with Crippen LogP contribution in [0.3, 0.4) is 0 Å². The maximum absolute atomic E-state index is 11.8. The number of hydrogen-bond acceptors (Lipinski definition) is 3. The summed E-state index contributed by atoms with van der Waals surface area (Å²) in [5.74, 6) is -0.824. The highest BCUT2D eigenvalue weighted by Gasteiger charge is 2.28. The van der Waals surface area contributed by atoms with Gasteiger partial charge in [0.05, 0.1) is 18.3 Å². The van der Waals surface area contributed by atoms with Gasteiger partial charge in [-0.1, -0.05) is 11.6 Å². The number of nitrogens with one attached hydrogen (secondary N) is 1. The zero-order valence-electron chi connectivity index (χ0n) is 8.18. The number of aromatic nitrogens is 2. The minimum atomic E-state index is -4.38. The summed E-state index contributed by atoms with van der Waals surface area (Å²) in [5.41, 5.74) is 0.0169. The molecular formula is C8H6Cl2F3N3O. The molecule has 1 amide bonds. The molecule has 1 rings (SSSR count). The number of anilines is 1. The third-order valence-electron chi connectivity index (χ3n) is 1.62. The smallest absolute Gasteiger partial charge is 0.322 e. The molecule has 0 bridgehead atoms. The minimum Gasteiger partial charge on any atom is -0.322 e. The normalized spacial score (nSPS) is 11.4. The lowest BCUT2D eigenvalue weighted by molar-refractivity contribution is -0.142. The largest absolute Gasteiger partial charge is 0.389 e. The fourth-order valence-corrected chi connectivity index (χ4v) is 1.25. The number of nitrogens with zero attached hydrogens (tertiary/aromatic N) is 2. The van der Waals surface area contributed by atoms with E-state index in [-0.39, 0.29) is 16.1 Å². The van der Waals surface area contributed by atoms with Crippen LogP contribution < -0.4 is 5.32 Å². The SMILES string of the molecule is O=C(CCC(F)(F)F)Nc1cnc(Cl)nc1Cl. The quantitative estimate of drug-likeness (QED) is 0.687. The summed E-state index contributed by atoms with van der Waals surface area (Å²) < 4.78 is 35.5. The van der Waals surface area contributed by atoms with E-state index < -0.39 is 24.9 Å². The van der Waals surface area contributed by atoms with Crippen molar-refractivity contribution in [2.45, 2.75) is 19.0 Å². The molecule has 0 unspecified atom stereocenters. The van der Waals surface area contributed by atoms with E-state index in [1.165, 1.54) is 0 Å². The number of halogens is 5. The lowest BCUT2D eigenvalue weighted by Gasteiger charge is -2.07. The molecule has 1 aromatic heterocycles. The zero-order valence-corrected chi connectivity index (χ0v) is 9.70. The first-order chi connectivity index (χ1) is 7.78. The molecule has 0 fully saturated rings. The van der Waals surface area contributed by atoms with Gasteiger partial charge in [-0.15, -0.1) is 0 Å². The fraction of sp³-hybridized carbons (Fsp3) is 0.375. The predicted molar refractivity (Wildman–Crippen MR) is 56.0 cm³/mol. The van der Waals surface area contributed by atoms with E-state index in [1.54, 1.807) is 0 Å². The molecule has 1 heterocycles. The molecule has 4 nitrogen and oxygen atoms in total. The van der Waals surface area contributed by atoms with Crippen LogP contribution in [-0.4, -0.2) is 22.1 Å². The van der Waals surface area contributed by atoms with E-state index >= 15 is 0 Å². The molecule has 0 aliphatic rings. The third kappa shape index (κ3) is 5.18. The molecule has 1 aromatic rings. The van der Waals surface area contributed by atoms with Crippen LogP contribution in [0.4, 0.5) is 18.9 Å². The first kappa shape index (κ1) is 14.0.